The summed E-state index contributed by atoms with van der Waals surface area (Å²) in [6.07, 6.45) is 7.09. The molecule has 0 bridgehead atoms. The lowest BCUT2D eigenvalue weighted by molar-refractivity contribution is 0.0988. The zero-order valence-corrected chi connectivity index (χ0v) is 15.5. The van der Waals surface area contributed by atoms with Crippen LogP contribution in [0.2, 0.25) is 0 Å². The number of ether oxygens (including phenoxy) is 1. The minimum absolute atomic E-state index is 0.0373. The number of nitrogens with zero attached hydrogens (tertiary/aromatic N) is 3. The summed E-state index contributed by atoms with van der Waals surface area (Å²) >= 11 is 0. The number of pyridine rings is 1. The number of rotatable bonds is 5. The number of anilines is 1. The molecule has 1 aromatic heterocycles. The van der Waals surface area contributed by atoms with Crippen LogP contribution in [0.5, 0.6) is 5.75 Å². The molecule has 0 saturated carbocycles. The summed E-state index contributed by atoms with van der Waals surface area (Å²) in [4.78, 5) is 23.1. The first-order valence-corrected chi connectivity index (χ1v) is 9.49. The van der Waals surface area contributed by atoms with Crippen molar-refractivity contribution in [3.8, 4) is 5.75 Å². The van der Waals surface area contributed by atoms with E-state index in [0.29, 0.717) is 24.1 Å². The molecule has 0 spiro atoms. The Morgan fingerprint density at radius 1 is 1.37 bits per heavy atom. The molecule has 0 aliphatic carbocycles. The Balaban J connectivity index is 1.60. The van der Waals surface area contributed by atoms with E-state index < -0.39 is 0 Å². The molecule has 2 aliphatic heterocycles. The monoisotopic (exact) mass is 364 g/mol. The largest absolute Gasteiger partial charge is 0.493 e. The van der Waals surface area contributed by atoms with Crippen molar-refractivity contribution in [1.82, 2.24) is 10.3 Å². The van der Waals surface area contributed by atoms with Crippen molar-refractivity contribution >= 4 is 17.9 Å². The first-order valence-electron chi connectivity index (χ1n) is 9.49. The summed E-state index contributed by atoms with van der Waals surface area (Å²) in [5, 5.41) is 3.32. The highest BCUT2D eigenvalue weighted by molar-refractivity contribution is 6.05. The first-order chi connectivity index (χ1) is 13.3. The van der Waals surface area contributed by atoms with Crippen LogP contribution in [0.3, 0.4) is 0 Å². The third-order valence-corrected chi connectivity index (χ3v) is 5.23. The van der Waals surface area contributed by atoms with E-state index in [-0.39, 0.29) is 5.91 Å². The van der Waals surface area contributed by atoms with E-state index in [9.17, 15) is 4.79 Å². The predicted molar refractivity (Wildman–Crippen MR) is 106 cm³/mol. The summed E-state index contributed by atoms with van der Waals surface area (Å²) in [5.74, 6) is 1.29. The standard InChI is InChI=1S/C21H24N4O2/c1-2-25(21(26)16-4-3-8-22-12-16)18-5-6-20-19(11-18)15(7-9-27-20)10-17-13-23-14-24-17/h3-6,8,11-12,14-15,17H,2,7,9-10,13H2,1H3,(H,23,24). The topological polar surface area (TPSA) is 66.8 Å². The van der Waals surface area contributed by atoms with Crippen LogP contribution in [-0.4, -0.2) is 43.0 Å². The lowest BCUT2D eigenvalue weighted by Gasteiger charge is -2.30. The number of hydrogen-bond acceptors (Lipinski definition) is 5. The molecule has 27 heavy (non-hydrogen) atoms. The van der Waals surface area contributed by atoms with Crippen molar-refractivity contribution < 1.29 is 9.53 Å². The van der Waals surface area contributed by atoms with Crippen LogP contribution in [0.1, 0.15) is 41.6 Å². The lowest BCUT2D eigenvalue weighted by atomic mass is 9.87. The van der Waals surface area contributed by atoms with E-state index in [1.807, 2.05) is 19.1 Å². The van der Waals surface area contributed by atoms with Gasteiger partial charge in [0.1, 0.15) is 5.75 Å². The highest BCUT2D eigenvalue weighted by Gasteiger charge is 2.27. The molecule has 1 aromatic carbocycles. The van der Waals surface area contributed by atoms with Gasteiger partial charge < -0.3 is 15.0 Å². The van der Waals surface area contributed by atoms with Crippen molar-refractivity contribution in [3.63, 3.8) is 0 Å². The van der Waals surface area contributed by atoms with E-state index in [1.54, 1.807) is 35.8 Å². The van der Waals surface area contributed by atoms with Gasteiger partial charge in [-0.1, -0.05) is 0 Å². The van der Waals surface area contributed by atoms with Gasteiger partial charge in [0.25, 0.3) is 5.91 Å². The number of hydrogen-bond donors (Lipinski definition) is 1. The zero-order valence-electron chi connectivity index (χ0n) is 15.5. The Bertz CT molecular complexity index is 829. The zero-order chi connectivity index (χ0) is 18.6. The van der Waals surface area contributed by atoms with Crippen LogP contribution >= 0.6 is 0 Å². The molecule has 2 unspecified atom stereocenters. The third-order valence-electron chi connectivity index (χ3n) is 5.23. The van der Waals surface area contributed by atoms with E-state index in [1.165, 1.54) is 5.56 Å². The van der Waals surface area contributed by atoms with Crippen LogP contribution < -0.4 is 15.0 Å². The molecule has 6 nitrogen and oxygen atoms in total. The fourth-order valence-corrected chi connectivity index (χ4v) is 3.83. The first kappa shape index (κ1) is 17.5. The number of amides is 1. The highest BCUT2D eigenvalue weighted by Crippen LogP contribution is 2.39. The number of aromatic nitrogens is 1. The molecule has 0 radical (unpaired) electrons. The average molecular weight is 364 g/mol. The third kappa shape index (κ3) is 3.65. The molecule has 2 atom stereocenters. The Kier molecular flexibility index (Phi) is 5.05. The van der Waals surface area contributed by atoms with Crippen LogP contribution in [0.25, 0.3) is 0 Å². The van der Waals surface area contributed by atoms with Crippen LogP contribution in [0, 0.1) is 0 Å². The Morgan fingerprint density at radius 3 is 3.04 bits per heavy atom. The van der Waals surface area contributed by atoms with Crippen molar-refractivity contribution in [2.24, 2.45) is 4.99 Å². The van der Waals surface area contributed by atoms with Crippen LogP contribution in [-0.2, 0) is 0 Å². The van der Waals surface area contributed by atoms with E-state index in [4.69, 9.17) is 4.74 Å². The fourth-order valence-electron chi connectivity index (χ4n) is 3.83. The summed E-state index contributed by atoms with van der Waals surface area (Å²) in [6.45, 7) is 4.14. The maximum Gasteiger partial charge on any atom is 0.259 e. The van der Waals surface area contributed by atoms with Gasteiger partial charge in [-0.2, -0.15) is 0 Å². The number of benzene rings is 1. The summed E-state index contributed by atoms with van der Waals surface area (Å²) < 4.78 is 5.87. The summed E-state index contributed by atoms with van der Waals surface area (Å²) in [7, 11) is 0. The van der Waals surface area contributed by atoms with Crippen molar-refractivity contribution in [1.29, 1.82) is 0 Å². The number of carbonyl (C=O) groups is 1. The maximum absolute atomic E-state index is 12.9. The van der Waals surface area contributed by atoms with Gasteiger partial charge in [-0.3, -0.25) is 14.8 Å². The van der Waals surface area contributed by atoms with Crippen molar-refractivity contribution in [3.05, 3.63) is 53.9 Å². The highest BCUT2D eigenvalue weighted by atomic mass is 16.5. The molecule has 1 N–H and O–H groups in total. The molecular weight excluding hydrogens is 340 g/mol. The molecule has 0 saturated heterocycles. The van der Waals surface area contributed by atoms with Gasteiger partial charge in [-0.25, -0.2) is 0 Å². The molecule has 1 amide bonds. The van der Waals surface area contributed by atoms with Gasteiger partial charge in [-0.05, 0) is 61.6 Å². The van der Waals surface area contributed by atoms with Gasteiger partial charge in [0.15, 0.2) is 0 Å². The molecular formula is C21H24N4O2. The Morgan fingerprint density at radius 2 is 2.30 bits per heavy atom. The second-order valence-electron chi connectivity index (χ2n) is 6.94. The predicted octanol–water partition coefficient (Wildman–Crippen LogP) is 3.00. The normalized spacial score (nSPS) is 20.5. The molecule has 140 valence electrons. The second kappa shape index (κ2) is 7.78. The number of fused-ring (bicyclic) bond motifs is 1. The smallest absolute Gasteiger partial charge is 0.259 e. The maximum atomic E-state index is 12.9. The summed E-state index contributed by atoms with van der Waals surface area (Å²) in [6, 6.07) is 10.0. The Labute approximate surface area is 159 Å². The van der Waals surface area contributed by atoms with E-state index >= 15 is 0 Å². The SMILES string of the molecule is CCN(C(=O)c1cccnc1)c1ccc2c(c1)C(CC1CN=CN1)CCO2. The lowest BCUT2D eigenvalue weighted by Crippen LogP contribution is -2.31. The van der Waals surface area contributed by atoms with Gasteiger partial charge in [0.05, 0.1) is 25.1 Å². The number of carbonyl (C=O) groups excluding carboxylic acids is 1. The summed E-state index contributed by atoms with van der Waals surface area (Å²) in [5.41, 5.74) is 2.68. The van der Waals surface area contributed by atoms with E-state index in [2.05, 4.69) is 21.4 Å². The molecule has 2 aliphatic rings. The molecule has 3 heterocycles. The molecule has 4 rings (SSSR count). The van der Waals surface area contributed by atoms with Gasteiger partial charge in [-0.15, -0.1) is 0 Å². The minimum atomic E-state index is -0.0373. The van der Waals surface area contributed by atoms with Crippen LogP contribution in [0.15, 0.2) is 47.7 Å². The van der Waals surface area contributed by atoms with Crippen molar-refractivity contribution in [2.45, 2.75) is 31.7 Å². The van der Waals surface area contributed by atoms with E-state index in [0.717, 1.165) is 37.4 Å². The molecule has 2 aromatic rings. The van der Waals surface area contributed by atoms with Gasteiger partial charge in [0, 0.05) is 30.7 Å². The minimum Gasteiger partial charge on any atom is -0.493 e. The fraction of sp³-hybridized carbons (Fsp3) is 0.381. The van der Waals surface area contributed by atoms with Crippen LogP contribution in [0.4, 0.5) is 5.69 Å². The number of nitrogens with one attached hydrogen (secondary N) is 1. The Hall–Kier alpha value is -2.89. The van der Waals surface area contributed by atoms with Crippen molar-refractivity contribution in [2.75, 3.05) is 24.6 Å². The van der Waals surface area contributed by atoms with Gasteiger partial charge in [0.2, 0.25) is 0 Å². The average Bonchev–Trinajstić information content (AvgIpc) is 3.22. The quantitative estimate of drug-likeness (QED) is 0.886. The molecule has 6 heteroatoms. The number of aliphatic imine (C=N–C) groups is 1. The molecule has 0 fully saturated rings. The second-order valence-corrected chi connectivity index (χ2v) is 6.94. The van der Waals surface area contributed by atoms with Gasteiger partial charge >= 0.3 is 0 Å².